The van der Waals surface area contributed by atoms with Crippen LogP contribution in [0.1, 0.15) is 38.5 Å². The van der Waals surface area contributed by atoms with Crippen LogP contribution in [0.3, 0.4) is 0 Å². The number of allylic oxidation sites excluding steroid dienone is 2. The SMILES string of the molecule is O=C1C=C[C@@]23O[C@@]45CCCCC4CC[C@@](O)(OC2=C1)[C@@H]3O5. The molecule has 0 radical (unpaired) electrons. The van der Waals surface area contributed by atoms with Crippen molar-refractivity contribution < 1.29 is 24.1 Å². The molecule has 4 fully saturated rings. The Morgan fingerprint density at radius 1 is 1.24 bits per heavy atom. The van der Waals surface area contributed by atoms with Crippen LogP contribution in [-0.2, 0) is 19.0 Å². The number of hydrogen-bond donors (Lipinski definition) is 1. The molecule has 5 aliphatic rings. The molecule has 3 heterocycles. The van der Waals surface area contributed by atoms with E-state index < -0.39 is 23.3 Å². The van der Waals surface area contributed by atoms with Crippen molar-refractivity contribution in [2.75, 3.05) is 0 Å². The molecule has 5 heteroatoms. The first-order valence-corrected chi connectivity index (χ1v) is 7.81. The van der Waals surface area contributed by atoms with Gasteiger partial charge in [0.2, 0.25) is 5.79 Å². The van der Waals surface area contributed by atoms with E-state index in [1.165, 1.54) is 18.6 Å². The van der Waals surface area contributed by atoms with Gasteiger partial charge < -0.3 is 19.3 Å². The summed E-state index contributed by atoms with van der Waals surface area (Å²) in [5.74, 6) is -1.45. The van der Waals surface area contributed by atoms with E-state index in [9.17, 15) is 9.90 Å². The average molecular weight is 290 g/mol. The fourth-order valence-electron chi connectivity index (χ4n) is 4.71. The summed E-state index contributed by atoms with van der Waals surface area (Å²) in [5, 5.41) is 10.9. The Morgan fingerprint density at radius 2 is 2.14 bits per heavy atom. The predicted octanol–water partition coefficient (Wildman–Crippen LogP) is 1.56. The van der Waals surface area contributed by atoms with E-state index in [1.807, 2.05) is 0 Å². The zero-order valence-electron chi connectivity index (χ0n) is 11.7. The summed E-state index contributed by atoms with van der Waals surface area (Å²) in [6, 6.07) is 0. The van der Waals surface area contributed by atoms with Crippen LogP contribution in [0.25, 0.3) is 0 Å². The van der Waals surface area contributed by atoms with Gasteiger partial charge in [0.25, 0.3) is 0 Å². The van der Waals surface area contributed by atoms with Crippen LogP contribution in [0.15, 0.2) is 24.0 Å². The van der Waals surface area contributed by atoms with Gasteiger partial charge in [0.1, 0.15) is 5.76 Å². The van der Waals surface area contributed by atoms with Gasteiger partial charge in [-0.3, -0.25) is 4.79 Å². The third-order valence-corrected chi connectivity index (χ3v) is 5.70. The second-order valence-corrected chi connectivity index (χ2v) is 6.88. The lowest BCUT2D eigenvalue weighted by molar-refractivity contribution is -0.264. The highest BCUT2D eigenvalue weighted by molar-refractivity contribution is 6.01. The van der Waals surface area contributed by atoms with Crippen molar-refractivity contribution in [2.24, 2.45) is 5.92 Å². The van der Waals surface area contributed by atoms with Crippen molar-refractivity contribution in [3.05, 3.63) is 24.0 Å². The summed E-state index contributed by atoms with van der Waals surface area (Å²) < 4.78 is 18.5. The predicted molar refractivity (Wildman–Crippen MR) is 70.9 cm³/mol. The van der Waals surface area contributed by atoms with Gasteiger partial charge in [0, 0.05) is 24.8 Å². The Balaban J connectivity index is 1.69. The second-order valence-electron chi connectivity index (χ2n) is 6.88. The second kappa shape index (κ2) is 3.59. The van der Waals surface area contributed by atoms with Crippen molar-refractivity contribution in [3.63, 3.8) is 0 Å². The smallest absolute Gasteiger partial charge is 0.238 e. The Hall–Kier alpha value is -1.17. The maximum atomic E-state index is 11.6. The zero-order valence-corrected chi connectivity index (χ0v) is 11.7. The van der Waals surface area contributed by atoms with Gasteiger partial charge in [0.05, 0.1) is 0 Å². The molecule has 0 amide bonds. The molecular formula is C16H18O5. The van der Waals surface area contributed by atoms with Crippen LogP contribution >= 0.6 is 0 Å². The summed E-state index contributed by atoms with van der Waals surface area (Å²) in [6.07, 6.45) is 9.56. The van der Waals surface area contributed by atoms with Crippen molar-refractivity contribution in [2.45, 2.75) is 61.8 Å². The molecular weight excluding hydrogens is 272 g/mol. The first kappa shape index (κ1) is 12.4. The molecule has 1 unspecified atom stereocenters. The van der Waals surface area contributed by atoms with Gasteiger partial charge >= 0.3 is 0 Å². The van der Waals surface area contributed by atoms with E-state index in [1.54, 1.807) is 6.08 Å². The molecule has 2 bridgehead atoms. The number of aliphatic hydroxyl groups is 1. The molecule has 0 aromatic rings. The number of hydrogen-bond acceptors (Lipinski definition) is 5. The van der Waals surface area contributed by atoms with Gasteiger partial charge in [-0.2, -0.15) is 0 Å². The molecule has 3 aliphatic heterocycles. The van der Waals surface area contributed by atoms with Crippen molar-refractivity contribution in [3.8, 4) is 0 Å². The Morgan fingerprint density at radius 3 is 3.05 bits per heavy atom. The Kier molecular flexibility index (Phi) is 2.12. The van der Waals surface area contributed by atoms with Gasteiger partial charge in [-0.1, -0.05) is 6.42 Å². The maximum absolute atomic E-state index is 11.6. The van der Waals surface area contributed by atoms with Gasteiger partial charge in [-0.15, -0.1) is 0 Å². The lowest BCUT2D eigenvalue weighted by Gasteiger charge is -2.40. The first-order valence-electron chi connectivity index (χ1n) is 7.81. The molecule has 1 saturated carbocycles. The standard InChI is InChI=1S/C16H18O5/c17-11-5-7-14-12(9-11)19-15(18)8-4-10-3-1-2-6-16(10,21-14)20-13(14)15/h5,7,9-10,13,18H,1-4,6,8H2/t10?,13-,14-,15-,16+/m1/s1. The average Bonchev–Trinajstić information content (AvgIpc) is 2.85. The normalized spacial score (nSPS) is 53.6. The fraction of sp³-hybridized carbons (Fsp3) is 0.688. The van der Waals surface area contributed by atoms with Crippen LogP contribution in [0.5, 0.6) is 0 Å². The molecule has 5 nitrogen and oxygen atoms in total. The maximum Gasteiger partial charge on any atom is 0.238 e. The zero-order chi connectivity index (χ0) is 14.3. The molecule has 5 atom stereocenters. The van der Waals surface area contributed by atoms with E-state index in [-0.39, 0.29) is 11.7 Å². The minimum atomic E-state index is -1.39. The quantitative estimate of drug-likeness (QED) is 0.733. The highest BCUT2D eigenvalue weighted by atomic mass is 16.8. The number of rotatable bonds is 0. The molecule has 3 saturated heterocycles. The molecule has 0 aromatic heterocycles. The Labute approximate surface area is 122 Å². The molecule has 2 aliphatic carbocycles. The van der Waals surface area contributed by atoms with E-state index in [0.29, 0.717) is 12.2 Å². The van der Waals surface area contributed by atoms with E-state index in [0.717, 1.165) is 25.7 Å². The lowest BCUT2D eigenvalue weighted by atomic mass is 9.78. The molecule has 21 heavy (non-hydrogen) atoms. The highest BCUT2D eigenvalue weighted by Crippen LogP contribution is 2.62. The molecule has 0 aromatic carbocycles. The fourth-order valence-corrected chi connectivity index (χ4v) is 4.71. The summed E-state index contributed by atoms with van der Waals surface area (Å²) in [6.45, 7) is 0. The first-order chi connectivity index (χ1) is 10.1. The molecule has 5 rings (SSSR count). The van der Waals surface area contributed by atoms with Crippen LogP contribution in [0, 0.1) is 5.92 Å². The minimum absolute atomic E-state index is 0.136. The third-order valence-electron chi connectivity index (χ3n) is 5.70. The van der Waals surface area contributed by atoms with Crippen LogP contribution in [-0.4, -0.2) is 34.2 Å². The number of carbonyl (C=O) groups is 1. The van der Waals surface area contributed by atoms with Crippen molar-refractivity contribution in [1.29, 1.82) is 0 Å². The molecule has 2 spiro atoms. The van der Waals surface area contributed by atoms with Crippen LogP contribution < -0.4 is 0 Å². The molecule has 112 valence electrons. The van der Waals surface area contributed by atoms with Crippen LogP contribution in [0.2, 0.25) is 0 Å². The summed E-state index contributed by atoms with van der Waals surface area (Å²) in [5.41, 5.74) is -0.918. The van der Waals surface area contributed by atoms with Crippen molar-refractivity contribution in [1.82, 2.24) is 0 Å². The highest BCUT2D eigenvalue weighted by Gasteiger charge is 2.74. The van der Waals surface area contributed by atoms with E-state index in [2.05, 4.69) is 0 Å². The Bertz CT molecular complexity index is 595. The number of ether oxygens (including phenoxy) is 3. The topological polar surface area (TPSA) is 65.0 Å². The summed E-state index contributed by atoms with van der Waals surface area (Å²) in [4.78, 5) is 11.6. The van der Waals surface area contributed by atoms with E-state index >= 15 is 0 Å². The number of ketones is 1. The van der Waals surface area contributed by atoms with Gasteiger partial charge in [-0.25, -0.2) is 0 Å². The molecule has 1 N–H and O–H groups in total. The monoisotopic (exact) mass is 290 g/mol. The summed E-state index contributed by atoms with van der Waals surface area (Å²) >= 11 is 0. The third kappa shape index (κ3) is 1.35. The van der Waals surface area contributed by atoms with Gasteiger partial charge in [-0.05, 0) is 31.4 Å². The number of carbonyl (C=O) groups excluding carboxylic acids is 1. The van der Waals surface area contributed by atoms with Crippen LogP contribution in [0.4, 0.5) is 0 Å². The minimum Gasteiger partial charge on any atom is -0.460 e. The lowest BCUT2D eigenvalue weighted by Crippen LogP contribution is -2.48. The van der Waals surface area contributed by atoms with E-state index in [4.69, 9.17) is 14.2 Å². The van der Waals surface area contributed by atoms with Crippen molar-refractivity contribution >= 4 is 5.78 Å². The largest absolute Gasteiger partial charge is 0.460 e. The van der Waals surface area contributed by atoms with Gasteiger partial charge in [0.15, 0.2) is 23.3 Å². The summed E-state index contributed by atoms with van der Waals surface area (Å²) in [7, 11) is 0.